The second-order valence-electron chi connectivity index (χ2n) is 5.87. The van der Waals surface area contributed by atoms with Gasteiger partial charge in [-0.1, -0.05) is 24.3 Å². The summed E-state index contributed by atoms with van der Waals surface area (Å²) in [5, 5.41) is 0. The predicted octanol–water partition coefficient (Wildman–Crippen LogP) is 2.02. The van der Waals surface area contributed by atoms with E-state index in [1.807, 2.05) is 24.4 Å². The van der Waals surface area contributed by atoms with Crippen LogP contribution in [-0.4, -0.2) is 37.4 Å². The third-order valence-corrected chi connectivity index (χ3v) is 5.55. The molecule has 0 saturated carbocycles. The molecule has 0 radical (unpaired) electrons. The van der Waals surface area contributed by atoms with Crippen LogP contribution in [0.3, 0.4) is 0 Å². The molecule has 1 aromatic carbocycles. The zero-order valence-electron chi connectivity index (χ0n) is 12.9. The summed E-state index contributed by atoms with van der Waals surface area (Å²) in [5.41, 5.74) is 1.15. The fourth-order valence-electron chi connectivity index (χ4n) is 2.93. The Hall–Kier alpha value is -1.76. The Labute approximate surface area is 137 Å². The molecule has 1 aliphatic rings. The SMILES string of the molecule is O=S(=O)(N[C@H]1CCCN(Cc2cccnc2)C1)c1ccccc1. The molecule has 5 nitrogen and oxygen atoms in total. The first kappa shape index (κ1) is 16.1. The Bertz CT molecular complexity index is 720. The number of benzene rings is 1. The molecule has 0 bridgehead atoms. The van der Waals surface area contributed by atoms with Crippen LogP contribution in [0.1, 0.15) is 18.4 Å². The van der Waals surface area contributed by atoms with Crippen LogP contribution in [0.4, 0.5) is 0 Å². The van der Waals surface area contributed by atoms with Gasteiger partial charge in [0.1, 0.15) is 0 Å². The van der Waals surface area contributed by atoms with Gasteiger partial charge in [-0.15, -0.1) is 0 Å². The molecule has 0 spiro atoms. The minimum atomic E-state index is -3.45. The zero-order chi connectivity index (χ0) is 16.1. The van der Waals surface area contributed by atoms with Gasteiger partial charge in [0.25, 0.3) is 0 Å². The standard InChI is InChI=1S/C17H21N3O2S/c21-23(22,17-8-2-1-3-9-17)19-16-7-5-11-20(14-16)13-15-6-4-10-18-12-15/h1-4,6,8-10,12,16,19H,5,7,11,13-14H2/t16-/m0/s1. The predicted molar refractivity (Wildman–Crippen MR) is 89.3 cm³/mol. The quantitative estimate of drug-likeness (QED) is 0.910. The van der Waals surface area contributed by atoms with E-state index in [0.29, 0.717) is 4.90 Å². The van der Waals surface area contributed by atoms with E-state index in [4.69, 9.17) is 0 Å². The van der Waals surface area contributed by atoms with Crippen LogP contribution in [0, 0.1) is 0 Å². The number of pyridine rings is 1. The summed E-state index contributed by atoms with van der Waals surface area (Å²) in [4.78, 5) is 6.73. The van der Waals surface area contributed by atoms with Gasteiger partial charge in [-0.05, 0) is 43.1 Å². The van der Waals surface area contributed by atoms with Crippen molar-refractivity contribution in [2.45, 2.75) is 30.3 Å². The van der Waals surface area contributed by atoms with Crippen LogP contribution in [0.15, 0.2) is 59.8 Å². The van der Waals surface area contributed by atoms with E-state index in [0.717, 1.165) is 38.0 Å². The molecule has 122 valence electrons. The fraction of sp³-hybridized carbons (Fsp3) is 0.353. The average Bonchev–Trinajstić information content (AvgIpc) is 2.56. The van der Waals surface area contributed by atoms with E-state index in [-0.39, 0.29) is 6.04 Å². The lowest BCUT2D eigenvalue weighted by molar-refractivity contribution is 0.194. The maximum absolute atomic E-state index is 12.4. The minimum Gasteiger partial charge on any atom is -0.297 e. The van der Waals surface area contributed by atoms with Gasteiger partial charge in [0.05, 0.1) is 4.90 Å². The van der Waals surface area contributed by atoms with Gasteiger partial charge >= 0.3 is 0 Å². The molecule has 1 aliphatic heterocycles. The highest BCUT2D eigenvalue weighted by molar-refractivity contribution is 7.89. The Kier molecular flexibility index (Phi) is 5.05. The smallest absolute Gasteiger partial charge is 0.240 e. The van der Waals surface area contributed by atoms with Gasteiger partial charge in [-0.3, -0.25) is 9.88 Å². The van der Waals surface area contributed by atoms with Crippen LogP contribution in [0.25, 0.3) is 0 Å². The molecule has 0 amide bonds. The van der Waals surface area contributed by atoms with Crippen LogP contribution >= 0.6 is 0 Å². The van der Waals surface area contributed by atoms with Crippen molar-refractivity contribution in [3.8, 4) is 0 Å². The van der Waals surface area contributed by atoms with Gasteiger partial charge in [-0.25, -0.2) is 13.1 Å². The van der Waals surface area contributed by atoms with Crippen molar-refractivity contribution in [1.82, 2.24) is 14.6 Å². The minimum absolute atomic E-state index is 0.0503. The third-order valence-electron chi connectivity index (χ3n) is 4.01. The summed E-state index contributed by atoms with van der Waals surface area (Å²) in [6, 6.07) is 12.5. The highest BCUT2D eigenvalue weighted by Crippen LogP contribution is 2.16. The van der Waals surface area contributed by atoms with Crippen LogP contribution < -0.4 is 4.72 Å². The Morgan fingerprint density at radius 3 is 2.74 bits per heavy atom. The Morgan fingerprint density at radius 2 is 2.00 bits per heavy atom. The lowest BCUT2D eigenvalue weighted by atomic mass is 10.1. The van der Waals surface area contributed by atoms with E-state index < -0.39 is 10.0 Å². The lowest BCUT2D eigenvalue weighted by Crippen LogP contribution is -2.47. The molecule has 3 rings (SSSR count). The molecule has 1 atom stereocenters. The molecular weight excluding hydrogens is 310 g/mol. The van der Waals surface area contributed by atoms with Crippen molar-refractivity contribution in [1.29, 1.82) is 0 Å². The van der Waals surface area contributed by atoms with Crippen molar-refractivity contribution >= 4 is 10.0 Å². The number of sulfonamides is 1. The number of likely N-dealkylation sites (tertiary alicyclic amines) is 1. The summed E-state index contributed by atoms with van der Waals surface area (Å²) in [6.07, 6.45) is 5.48. The van der Waals surface area contributed by atoms with Crippen molar-refractivity contribution in [3.05, 3.63) is 60.4 Å². The van der Waals surface area contributed by atoms with Gasteiger partial charge in [0.15, 0.2) is 0 Å². The topological polar surface area (TPSA) is 62.3 Å². The number of aromatic nitrogens is 1. The normalized spacial score (nSPS) is 19.6. The molecule has 0 aliphatic carbocycles. The molecule has 2 heterocycles. The average molecular weight is 331 g/mol. The Balaban J connectivity index is 1.63. The van der Waals surface area contributed by atoms with E-state index in [1.165, 1.54) is 0 Å². The van der Waals surface area contributed by atoms with Crippen molar-refractivity contribution in [2.24, 2.45) is 0 Å². The largest absolute Gasteiger partial charge is 0.297 e. The first-order valence-corrected chi connectivity index (χ1v) is 9.30. The van der Waals surface area contributed by atoms with E-state index in [9.17, 15) is 8.42 Å². The van der Waals surface area contributed by atoms with Crippen molar-refractivity contribution in [2.75, 3.05) is 13.1 Å². The number of hydrogen-bond acceptors (Lipinski definition) is 4. The highest BCUT2D eigenvalue weighted by Gasteiger charge is 2.25. The first-order chi connectivity index (χ1) is 11.1. The molecule has 23 heavy (non-hydrogen) atoms. The first-order valence-electron chi connectivity index (χ1n) is 7.82. The Morgan fingerprint density at radius 1 is 1.17 bits per heavy atom. The maximum Gasteiger partial charge on any atom is 0.240 e. The summed E-state index contributed by atoms with van der Waals surface area (Å²) >= 11 is 0. The van der Waals surface area contributed by atoms with E-state index >= 15 is 0 Å². The highest BCUT2D eigenvalue weighted by atomic mass is 32.2. The van der Waals surface area contributed by atoms with Gasteiger partial charge < -0.3 is 0 Å². The van der Waals surface area contributed by atoms with Crippen LogP contribution in [0.5, 0.6) is 0 Å². The second kappa shape index (κ2) is 7.21. The van der Waals surface area contributed by atoms with Crippen LogP contribution in [0.2, 0.25) is 0 Å². The maximum atomic E-state index is 12.4. The molecule has 1 fully saturated rings. The summed E-state index contributed by atoms with van der Waals surface area (Å²) in [7, 11) is -3.45. The third kappa shape index (κ3) is 4.37. The van der Waals surface area contributed by atoms with E-state index in [2.05, 4.69) is 14.6 Å². The van der Waals surface area contributed by atoms with Gasteiger partial charge in [0.2, 0.25) is 10.0 Å². The van der Waals surface area contributed by atoms with Crippen molar-refractivity contribution < 1.29 is 8.42 Å². The summed E-state index contributed by atoms with van der Waals surface area (Å²) in [6.45, 7) is 2.51. The molecule has 1 N–H and O–H groups in total. The van der Waals surface area contributed by atoms with E-state index in [1.54, 1.807) is 30.5 Å². The molecule has 0 unspecified atom stereocenters. The van der Waals surface area contributed by atoms with Crippen LogP contribution in [-0.2, 0) is 16.6 Å². The number of nitrogens with one attached hydrogen (secondary N) is 1. The van der Waals surface area contributed by atoms with Gasteiger partial charge in [-0.2, -0.15) is 0 Å². The number of nitrogens with zero attached hydrogens (tertiary/aromatic N) is 2. The number of hydrogen-bond donors (Lipinski definition) is 1. The molecule has 1 aromatic heterocycles. The number of piperidine rings is 1. The summed E-state index contributed by atoms with van der Waals surface area (Å²) in [5.74, 6) is 0. The van der Waals surface area contributed by atoms with Crippen molar-refractivity contribution in [3.63, 3.8) is 0 Å². The van der Waals surface area contributed by atoms with Gasteiger partial charge in [0, 0.05) is 31.5 Å². The fourth-order valence-corrected chi connectivity index (χ4v) is 4.22. The second-order valence-corrected chi connectivity index (χ2v) is 7.58. The molecule has 1 saturated heterocycles. The lowest BCUT2D eigenvalue weighted by Gasteiger charge is -2.32. The molecule has 6 heteroatoms. The number of rotatable bonds is 5. The monoisotopic (exact) mass is 331 g/mol. The molecular formula is C17H21N3O2S. The summed E-state index contributed by atoms with van der Waals surface area (Å²) < 4.78 is 27.7. The zero-order valence-corrected chi connectivity index (χ0v) is 13.7. The molecule has 2 aromatic rings.